The van der Waals surface area contributed by atoms with E-state index in [0.717, 1.165) is 45.2 Å². The van der Waals surface area contributed by atoms with E-state index >= 15 is 0 Å². The number of rotatable bonds is 4. The molecule has 1 aliphatic heterocycles. The first kappa shape index (κ1) is 21.8. The Bertz CT molecular complexity index is 1600. The average Bonchev–Trinajstić information content (AvgIpc) is 3.34. The largest absolute Gasteiger partial charge is 0.399 e. The minimum Gasteiger partial charge on any atom is -0.399 e. The van der Waals surface area contributed by atoms with Crippen LogP contribution in [-0.4, -0.2) is 25.6 Å². The molecule has 0 saturated carbocycles. The van der Waals surface area contributed by atoms with E-state index in [2.05, 4.69) is 21.6 Å². The average molecular weight is 490 g/mol. The van der Waals surface area contributed by atoms with Crippen LogP contribution in [0.1, 0.15) is 11.1 Å². The zero-order valence-electron chi connectivity index (χ0n) is 19.1. The number of fused-ring (bicyclic) bond motifs is 1. The molecule has 0 atom stereocenters. The maximum absolute atomic E-state index is 6.18. The summed E-state index contributed by atoms with van der Waals surface area (Å²) in [5, 5.41) is 5.27. The number of halogens is 1. The van der Waals surface area contributed by atoms with Crippen molar-refractivity contribution in [2.45, 2.75) is 0 Å². The van der Waals surface area contributed by atoms with Crippen molar-refractivity contribution in [3.05, 3.63) is 120 Å². The van der Waals surface area contributed by atoms with Crippen LogP contribution in [-0.2, 0) is 0 Å². The fraction of sp³-hybridized carbons (Fsp3) is 0. The summed E-state index contributed by atoms with van der Waals surface area (Å²) < 4.78 is 1.78. The van der Waals surface area contributed by atoms with E-state index in [9.17, 15) is 0 Å². The molecular weight excluding hydrogens is 470 g/mol. The maximum atomic E-state index is 6.18. The third-order valence-electron chi connectivity index (χ3n) is 5.98. The molecule has 0 spiro atoms. The number of hydrogen-bond donors (Lipinski definition) is 1. The highest BCUT2D eigenvalue weighted by Gasteiger charge is 2.29. The van der Waals surface area contributed by atoms with Gasteiger partial charge in [0.1, 0.15) is 12.2 Å². The van der Waals surface area contributed by atoms with Crippen molar-refractivity contribution < 1.29 is 0 Å². The molecule has 0 bridgehead atoms. The monoisotopic (exact) mass is 489 g/mol. The number of hydrogen-bond acceptors (Lipinski definition) is 6. The van der Waals surface area contributed by atoms with Crippen molar-refractivity contribution in [3.8, 4) is 16.8 Å². The Morgan fingerprint density at radius 1 is 0.778 bits per heavy atom. The molecule has 36 heavy (non-hydrogen) atoms. The van der Waals surface area contributed by atoms with Gasteiger partial charge >= 0.3 is 0 Å². The van der Waals surface area contributed by atoms with Gasteiger partial charge in [-0.3, -0.25) is 4.90 Å². The lowest BCUT2D eigenvalue weighted by Crippen LogP contribution is -2.32. The Labute approximate surface area is 212 Å². The molecule has 3 aromatic carbocycles. The smallest absolute Gasteiger partial charge is 0.167 e. The summed E-state index contributed by atoms with van der Waals surface area (Å²) in [6, 6.07) is 23.3. The second kappa shape index (κ2) is 8.79. The number of benzene rings is 3. The van der Waals surface area contributed by atoms with Gasteiger partial charge in [-0.2, -0.15) is 5.10 Å². The van der Waals surface area contributed by atoms with Crippen LogP contribution in [0.25, 0.3) is 22.5 Å². The number of amidine groups is 1. The van der Waals surface area contributed by atoms with E-state index in [1.54, 1.807) is 23.3 Å². The first-order valence-electron chi connectivity index (χ1n) is 11.2. The maximum Gasteiger partial charge on any atom is 0.167 e. The SMILES string of the molecule is C=C1c2cnn(-c3cccc(N)c3)c2N=C(c2ccc(-c3cncnc3)cc2)N1c1ccc(Cl)cc1. The Hall–Kier alpha value is -4.75. The van der Waals surface area contributed by atoms with Gasteiger partial charge in [0, 0.05) is 39.9 Å². The second-order valence-electron chi connectivity index (χ2n) is 8.29. The van der Waals surface area contributed by atoms with Crippen LogP contribution in [0.5, 0.6) is 0 Å². The summed E-state index contributed by atoms with van der Waals surface area (Å²) in [4.78, 5) is 15.4. The molecule has 0 radical (unpaired) electrons. The van der Waals surface area contributed by atoms with Crippen LogP contribution >= 0.6 is 11.6 Å². The van der Waals surface area contributed by atoms with Gasteiger partial charge in [-0.25, -0.2) is 19.6 Å². The van der Waals surface area contributed by atoms with Gasteiger partial charge in [0.05, 0.1) is 23.1 Å². The van der Waals surface area contributed by atoms with E-state index in [-0.39, 0.29) is 0 Å². The van der Waals surface area contributed by atoms with Crippen molar-refractivity contribution in [2.24, 2.45) is 4.99 Å². The summed E-state index contributed by atoms with van der Waals surface area (Å²) in [6.07, 6.45) is 6.88. The summed E-state index contributed by atoms with van der Waals surface area (Å²) in [6.45, 7) is 4.42. The summed E-state index contributed by atoms with van der Waals surface area (Å²) in [5.74, 6) is 1.41. The standard InChI is InChI=1S/C28H20ClN7/c1-18-26-16-33-36(25-4-2-3-23(30)13-25)28(26)34-27(35(18)24-11-9-22(29)10-12-24)20-7-5-19(6-8-20)21-14-31-17-32-15-21/h2-17H,1,30H2. The van der Waals surface area contributed by atoms with Crippen molar-refractivity contribution >= 4 is 40.3 Å². The fourth-order valence-electron chi connectivity index (χ4n) is 4.22. The summed E-state index contributed by atoms with van der Waals surface area (Å²) >= 11 is 6.18. The first-order valence-corrected chi connectivity index (χ1v) is 11.6. The van der Waals surface area contributed by atoms with E-state index in [4.69, 9.17) is 22.3 Å². The lowest BCUT2D eigenvalue weighted by atomic mass is 10.0. The molecule has 0 unspecified atom stereocenters. The van der Waals surface area contributed by atoms with E-state index < -0.39 is 0 Å². The first-order chi connectivity index (χ1) is 17.6. The molecule has 7 nitrogen and oxygen atoms in total. The van der Waals surface area contributed by atoms with Gasteiger partial charge in [-0.1, -0.05) is 48.5 Å². The van der Waals surface area contributed by atoms with E-state index in [1.807, 2.05) is 77.7 Å². The topological polar surface area (TPSA) is 85.2 Å². The molecule has 2 N–H and O–H groups in total. The molecule has 5 aromatic rings. The summed E-state index contributed by atoms with van der Waals surface area (Å²) in [7, 11) is 0. The molecule has 0 amide bonds. The zero-order chi connectivity index (χ0) is 24.6. The molecular formula is C28H20ClN7. The number of aliphatic imine (C=N–C) groups is 1. The molecule has 1 aliphatic rings. The highest BCUT2D eigenvalue weighted by molar-refractivity contribution is 6.30. The van der Waals surface area contributed by atoms with Gasteiger partial charge in [0.25, 0.3) is 0 Å². The van der Waals surface area contributed by atoms with Gasteiger partial charge in [0.15, 0.2) is 5.82 Å². The Morgan fingerprint density at radius 2 is 1.50 bits per heavy atom. The number of nitrogens with two attached hydrogens (primary N) is 1. The zero-order valence-corrected chi connectivity index (χ0v) is 19.8. The minimum absolute atomic E-state index is 0.652. The number of anilines is 2. The van der Waals surface area contributed by atoms with Gasteiger partial charge in [0.2, 0.25) is 0 Å². The highest BCUT2D eigenvalue weighted by atomic mass is 35.5. The molecule has 2 aromatic heterocycles. The molecule has 0 aliphatic carbocycles. The van der Waals surface area contributed by atoms with E-state index in [0.29, 0.717) is 16.5 Å². The second-order valence-corrected chi connectivity index (χ2v) is 8.72. The Kier molecular flexibility index (Phi) is 5.32. The van der Waals surface area contributed by atoms with Gasteiger partial charge in [-0.05, 0) is 48.0 Å². The molecule has 0 saturated heterocycles. The van der Waals surface area contributed by atoms with Gasteiger partial charge in [-0.15, -0.1) is 0 Å². The van der Waals surface area contributed by atoms with Crippen LogP contribution < -0.4 is 10.6 Å². The van der Waals surface area contributed by atoms with Gasteiger partial charge < -0.3 is 5.73 Å². The van der Waals surface area contributed by atoms with Crippen LogP contribution in [0.15, 0.2) is 109 Å². The molecule has 174 valence electrons. The van der Waals surface area contributed by atoms with Crippen LogP contribution in [0, 0.1) is 0 Å². The normalized spacial score (nSPS) is 12.9. The predicted molar refractivity (Wildman–Crippen MR) is 145 cm³/mol. The minimum atomic E-state index is 0.652. The number of nitrogen functional groups attached to an aromatic ring is 1. The summed E-state index contributed by atoms with van der Waals surface area (Å²) in [5.41, 5.74) is 12.9. The van der Waals surface area contributed by atoms with Crippen molar-refractivity contribution in [1.82, 2.24) is 19.7 Å². The third kappa shape index (κ3) is 3.81. The van der Waals surface area contributed by atoms with Crippen molar-refractivity contribution in [1.29, 1.82) is 0 Å². The van der Waals surface area contributed by atoms with Crippen molar-refractivity contribution in [3.63, 3.8) is 0 Å². The number of aromatic nitrogens is 4. The molecule has 3 heterocycles. The van der Waals surface area contributed by atoms with Crippen LogP contribution in [0.4, 0.5) is 17.2 Å². The highest BCUT2D eigenvalue weighted by Crippen LogP contribution is 2.39. The lowest BCUT2D eigenvalue weighted by molar-refractivity contribution is 0.879. The molecule has 8 heteroatoms. The van der Waals surface area contributed by atoms with Crippen LogP contribution in [0.3, 0.4) is 0 Å². The van der Waals surface area contributed by atoms with Crippen LogP contribution in [0.2, 0.25) is 5.02 Å². The van der Waals surface area contributed by atoms with Crippen molar-refractivity contribution in [2.75, 3.05) is 10.6 Å². The quantitative estimate of drug-likeness (QED) is 0.307. The lowest BCUT2D eigenvalue weighted by Gasteiger charge is -2.31. The number of nitrogens with zero attached hydrogens (tertiary/aromatic N) is 6. The molecule has 0 fully saturated rings. The fourth-order valence-corrected chi connectivity index (χ4v) is 4.35. The van der Waals surface area contributed by atoms with E-state index in [1.165, 1.54) is 6.33 Å². The third-order valence-corrected chi connectivity index (χ3v) is 6.24. The molecule has 6 rings (SSSR count). The Morgan fingerprint density at radius 3 is 2.22 bits per heavy atom. The Balaban J connectivity index is 1.51. The predicted octanol–water partition coefficient (Wildman–Crippen LogP) is 6.13.